The second-order valence-corrected chi connectivity index (χ2v) is 5.06. The molecule has 0 atom stereocenters. The molecule has 1 aromatic carbocycles. The predicted octanol–water partition coefficient (Wildman–Crippen LogP) is 4.32. The lowest BCUT2D eigenvalue weighted by molar-refractivity contribution is 1.11. The Morgan fingerprint density at radius 3 is 2.82 bits per heavy atom. The molecule has 2 nitrogen and oxygen atoms in total. The van der Waals surface area contributed by atoms with Crippen LogP contribution < -0.4 is 0 Å². The fraction of sp³-hybridized carbons (Fsp3) is 0.0769. The van der Waals surface area contributed by atoms with Crippen LogP contribution in [0.3, 0.4) is 0 Å². The molecule has 0 aliphatic carbocycles. The molecule has 84 valence electrons. The quantitative estimate of drug-likeness (QED) is 0.609. The lowest BCUT2D eigenvalue weighted by atomic mass is 10.1. The molecule has 0 amide bonds. The Kier molecular flexibility index (Phi) is 2.57. The van der Waals surface area contributed by atoms with Gasteiger partial charge < -0.3 is 0 Å². The first-order valence-corrected chi connectivity index (χ1v) is 6.47. The average molecular weight is 261 g/mol. The summed E-state index contributed by atoms with van der Waals surface area (Å²) >= 11 is 7.62. The third kappa shape index (κ3) is 1.92. The van der Waals surface area contributed by atoms with E-state index < -0.39 is 0 Å². The van der Waals surface area contributed by atoms with Crippen molar-refractivity contribution in [2.24, 2.45) is 0 Å². The van der Waals surface area contributed by atoms with Crippen LogP contribution in [-0.2, 0) is 0 Å². The van der Waals surface area contributed by atoms with Crippen LogP contribution in [-0.4, -0.2) is 9.97 Å². The van der Waals surface area contributed by atoms with E-state index in [0.29, 0.717) is 5.28 Å². The van der Waals surface area contributed by atoms with Gasteiger partial charge in [-0.05, 0) is 30.7 Å². The molecule has 0 aliphatic rings. The van der Waals surface area contributed by atoms with E-state index in [1.807, 2.05) is 25.1 Å². The summed E-state index contributed by atoms with van der Waals surface area (Å²) in [4.78, 5) is 8.37. The summed E-state index contributed by atoms with van der Waals surface area (Å²) in [7, 11) is 0. The summed E-state index contributed by atoms with van der Waals surface area (Å²) in [5.74, 6) is 0. The van der Waals surface area contributed by atoms with Crippen LogP contribution in [0, 0.1) is 6.92 Å². The van der Waals surface area contributed by atoms with E-state index in [0.717, 1.165) is 17.0 Å². The van der Waals surface area contributed by atoms with Crippen LogP contribution >= 0.6 is 22.9 Å². The molecular formula is C13H9ClN2S. The zero-order valence-electron chi connectivity index (χ0n) is 9.14. The molecule has 2 heterocycles. The third-order valence-corrected chi connectivity index (χ3v) is 3.72. The van der Waals surface area contributed by atoms with Gasteiger partial charge in [0.1, 0.15) is 0 Å². The second kappa shape index (κ2) is 4.09. The van der Waals surface area contributed by atoms with E-state index in [2.05, 4.69) is 27.5 Å². The Hall–Kier alpha value is -1.45. The Balaban J connectivity index is 2.27. The number of nitrogens with zero attached hydrogens (tertiary/aromatic N) is 2. The molecule has 17 heavy (non-hydrogen) atoms. The Morgan fingerprint density at radius 2 is 2.00 bits per heavy atom. The Labute approximate surface area is 108 Å². The van der Waals surface area contributed by atoms with Crippen molar-refractivity contribution in [1.82, 2.24) is 9.97 Å². The fourth-order valence-corrected chi connectivity index (χ4v) is 3.03. The molecular weight excluding hydrogens is 252 g/mol. The van der Waals surface area contributed by atoms with Crippen LogP contribution in [0.1, 0.15) is 5.69 Å². The Morgan fingerprint density at radius 1 is 1.18 bits per heavy atom. The zero-order valence-corrected chi connectivity index (χ0v) is 10.7. The molecule has 0 saturated heterocycles. The van der Waals surface area contributed by atoms with E-state index in [1.54, 1.807) is 11.3 Å². The van der Waals surface area contributed by atoms with Gasteiger partial charge in [-0.15, -0.1) is 11.3 Å². The first-order valence-electron chi connectivity index (χ1n) is 5.22. The number of aryl methyl sites for hydroxylation is 1. The number of hydrogen-bond donors (Lipinski definition) is 0. The van der Waals surface area contributed by atoms with Crippen molar-refractivity contribution in [2.45, 2.75) is 6.92 Å². The highest BCUT2D eigenvalue weighted by molar-refractivity contribution is 7.17. The van der Waals surface area contributed by atoms with Crippen LogP contribution in [0.25, 0.3) is 21.3 Å². The summed E-state index contributed by atoms with van der Waals surface area (Å²) in [6.07, 6.45) is 0. The van der Waals surface area contributed by atoms with Crippen LogP contribution in [0.2, 0.25) is 5.28 Å². The lowest BCUT2D eigenvalue weighted by Gasteiger charge is -2.01. The molecule has 0 aliphatic heterocycles. The van der Waals surface area contributed by atoms with E-state index in [-0.39, 0.29) is 0 Å². The van der Waals surface area contributed by atoms with E-state index in [1.165, 1.54) is 10.1 Å². The average Bonchev–Trinajstić information content (AvgIpc) is 2.71. The van der Waals surface area contributed by atoms with Crippen LogP contribution in [0.5, 0.6) is 0 Å². The first kappa shape index (κ1) is 10.7. The lowest BCUT2D eigenvalue weighted by Crippen LogP contribution is -1.89. The second-order valence-electron chi connectivity index (χ2n) is 3.81. The van der Waals surface area contributed by atoms with Gasteiger partial charge in [0.25, 0.3) is 0 Å². The number of aromatic nitrogens is 2. The van der Waals surface area contributed by atoms with Crippen molar-refractivity contribution in [2.75, 3.05) is 0 Å². The van der Waals surface area contributed by atoms with Crippen molar-refractivity contribution < 1.29 is 0 Å². The van der Waals surface area contributed by atoms with Crippen molar-refractivity contribution in [3.05, 3.63) is 46.7 Å². The number of halogens is 1. The SMILES string of the molecule is Cc1cc(-c2csc3ccccc23)nc(Cl)n1. The normalized spacial score (nSPS) is 10.9. The Bertz CT molecular complexity index is 670. The van der Waals surface area contributed by atoms with Gasteiger partial charge in [0.05, 0.1) is 5.69 Å². The number of rotatable bonds is 1. The van der Waals surface area contributed by atoms with Crippen molar-refractivity contribution >= 4 is 33.0 Å². The van der Waals surface area contributed by atoms with Gasteiger partial charge in [0, 0.05) is 26.7 Å². The highest BCUT2D eigenvalue weighted by Gasteiger charge is 2.08. The predicted molar refractivity (Wildman–Crippen MR) is 72.6 cm³/mol. The maximum atomic E-state index is 5.90. The van der Waals surface area contributed by atoms with Crippen molar-refractivity contribution in [1.29, 1.82) is 0 Å². The topological polar surface area (TPSA) is 25.8 Å². The largest absolute Gasteiger partial charge is 0.223 e. The van der Waals surface area contributed by atoms with Gasteiger partial charge in [0.2, 0.25) is 5.28 Å². The summed E-state index contributed by atoms with van der Waals surface area (Å²) in [6, 6.07) is 10.3. The fourth-order valence-electron chi connectivity index (χ4n) is 1.85. The van der Waals surface area contributed by atoms with Gasteiger partial charge in [-0.1, -0.05) is 18.2 Å². The molecule has 3 rings (SSSR count). The molecule has 0 radical (unpaired) electrons. The van der Waals surface area contributed by atoms with Gasteiger partial charge in [-0.25, -0.2) is 9.97 Å². The van der Waals surface area contributed by atoms with Crippen molar-refractivity contribution in [3.8, 4) is 11.3 Å². The zero-order chi connectivity index (χ0) is 11.8. The standard InChI is InChI=1S/C13H9ClN2S/c1-8-6-11(16-13(14)15-8)10-7-17-12-5-3-2-4-9(10)12/h2-7H,1H3. The van der Waals surface area contributed by atoms with E-state index >= 15 is 0 Å². The smallest absolute Gasteiger partial charge is 0.223 e. The van der Waals surface area contributed by atoms with Crippen molar-refractivity contribution in [3.63, 3.8) is 0 Å². The third-order valence-electron chi connectivity index (χ3n) is 2.58. The molecule has 0 fully saturated rings. The van der Waals surface area contributed by atoms with Gasteiger partial charge in [0.15, 0.2) is 0 Å². The minimum atomic E-state index is 0.301. The number of benzene rings is 1. The maximum absolute atomic E-state index is 5.90. The number of hydrogen-bond acceptors (Lipinski definition) is 3. The molecule has 0 N–H and O–H groups in total. The van der Waals surface area contributed by atoms with E-state index in [9.17, 15) is 0 Å². The highest BCUT2D eigenvalue weighted by atomic mass is 35.5. The molecule has 0 spiro atoms. The number of thiophene rings is 1. The monoisotopic (exact) mass is 260 g/mol. The van der Waals surface area contributed by atoms with Crippen LogP contribution in [0.15, 0.2) is 35.7 Å². The summed E-state index contributed by atoms with van der Waals surface area (Å²) < 4.78 is 1.26. The summed E-state index contributed by atoms with van der Waals surface area (Å²) in [6.45, 7) is 1.92. The first-order chi connectivity index (χ1) is 8.24. The van der Waals surface area contributed by atoms with Crippen LogP contribution in [0.4, 0.5) is 0 Å². The number of fused-ring (bicyclic) bond motifs is 1. The van der Waals surface area contributed by atoms with Gasteiger partial charge >= 0.3 is 0 Å². The summed E-state index contributed by atoms with van der Waals surface area (Å²) in [5, 5.41) is 3.63. The molecule has 2 aromatic heterocycles. The highest BCUT2D eigenvalue weighted by Crippen LogP contribution is 2.33. The molecule has 3 aromatic rings. The van der Waals surface area contributed by atoms with E-state index in [4.69, 9.17) is 11.6 Å². The maximum Gasteiger partial charge on any atom is 0.223 e. The molecule has 0 unspecified atom stereocenters. The molecule has 4 heteroatoms. The molecule has 0 saturated carbocycles. The summed E-state index contributed by atoms with van der Waals surface area (Å²) in [5.41, 5.74) is 2.90. The van der Waals surface area contributed by atoms with Gasteiger partial charge in [-0.3, -0.25) is 0 Å². The minimum Gasteiger partial charge on any atom is -0.223 e. The van der Waals surface area contributed by atoms with Gasteiger partial charge in [-0.2, -0.15) is 0 Å². The minimum absolute atomic E-state index is 0.301. The molecule has 0 bridgehead atoms.